The number of imidazole rings is 1. The minimum absolute atomic E-state index is 0.0556. The zero-order valence-electron chi connectivity index (χ0n) is 39.1. The van der Waals surface area contributed by atoms with E-state index in [4.69, 9.17) is 4.98 Å². The number of hydrogen-bond donors (Lipinski definition) is 1. The zero-order chi connectivity index (χ0) is 44.2. The average Bonchev–Trinajstić information content (AvgIpc) is 3.86. The fourth-order valence-electron chi connectivity index (χ4n) is 11.9. The van der Waals surface area contributed by atoms with E-state index in [0.717, 1.165) is 41.8 Å². The van der Waals surface area contributed by atoms with Crippen LogP contribution in [0.25, 0.3) is 72.2 Å². The largest absolute Gasteiger partial charge is 0.355 e. The van der Waals surface area contributed by atoms with E-state index >= 15 is 0 Å². The van der Waals surface area contributed by atoms with Crippen LogP contribution in [-0.4, -0.2) is 21.4 Å². The molecular weight excluding hydrogens is 775 g/mol. The fourth-order valence-corrected chi connectivity index (χ4v) is 11.9. The second-order valence-corrected chi connectivity index (χ2v) is 22.1. The summed E-state index contributed by atoms with van der Waals surface area (Å²) in [6, 6.07) is 48.6. The van der Waals surface area contributed by atoms with Crippen molar-refractivity contribution in [2.45, 2.75) is 96.8 Å². The maximum Gasteiger partial charge on any atom is 0.198 e. The number of rotatable bonds is 4. The van der Waals surface area contributed by atoms with Crippen LogP contribution in [0.3, 0.4) is 0 Å². The van der Waals surface area contributed by atoms with Crippen LogP contribution in [0.5, 0.6) is 0 Å². The van der Waals surface area contributed by atoms with Crippen LogP contribution in [0.2, 0.25) is 0 Å². The first-order valence-corrected chi connectivity index (χ1v) is 23.4. The summed E-state index contributed by atoms with van der Waals surface area (Å²) in [5, 5.41) is 6.64. The summed E-state index contributed by atoms with van der Waals surface area (Å²) in [7, 11) is 2.98. The van der Waals surface area contributed by atoms with Gasteiger partial charge in [-0.3, -0.25) is 0 Å². The molecule has 0 saturated carbocycles. The van der Waals surface area contributed by atoms with E-state index in [1.807, 2.05) is 0 Å². The van der Waals surface area contributed by atoms with Crippen molar-refractivity contribution in [3.63, 3.8) is 0 Å². The molecule has 64 heavy (non-hydrogen) atoms. The first-order chi connectivity index (χ1) is 30.5. The molecule has 9 aromatic rings. The van der Waals surface area contributed by atoms with E-state index in [2.05, 4.69) is 211 Å². The molecule has 5 heteroatoms. The summed E-state index contributed by atoms with van der Waals surface area (Å²) in [4.78, 5) is 5.32. The van der Waals surface area contributed by atoms with Crippen molar-refractivity contribution < 1.29 is 0 Å². The van der Waals surface area contributed by atoms with E-state index in [-0.39, 0.29) is 21.7 Å². The van der Waals surface area contributed by atoms with Crippen molar-refractivity contribution in [3.05, 3.63) is 155 Å². The van der Waals surface area contributed by atoms with Gasteiger partial charge in [0.1, 0.15) is 5.82 Å². The van der Waals surface area contributed by atoms with Crippen molar-refractivity contribution >= 4 is 62.4 Å². The highest BCUT2D eigenvalue weighted by molar-refractivity contribution is 6.73. The molecule has 0 amide bonds. The predicted octanol–water partition coefficient (Wildman–Crippen LogP) is 13.4. The smallest absolute Gasteiger partial charge is 0.198 e. The Morgan fingerprint density at radius 3 is 2.05 bits per heavy atom. The van der Waals surface area contributed by atoms with Crippen LogP contribution in [0.4, 0.5) is 11.4 Å². The third-order valence-electron chi connectivity index (χ3n) is 15.8. The van der Waals surface area contributed by atoms with Crippen LogP contribution in [0.1, 0.15) is 103 Å². The van der Waals surface area contributed by atoms with E-state index < -0.39 is 0 Å². The molecule has 1 N–H and O–H groups in total. The van der Waals surface area contributed by atoms with Gasteiger partial charge in [-0.1, -0.05) is 147 Å². The van der Waals surface area contributed by atoms with Crippen molar-refractivity contribution in [3.8, 4) is 39.3 Å². The van der Waals surface area contributed by atoms with Crippen molar-refractivity contribution in [1.82, 2.24) is 14.1 Å². The Labute approximate surface area is 378 Å². The summed E-state index contributed by atoms with van der Waals surface area (Å²) in [6.45, 7) is 21.4. The molecule has 0 unspecified atom stereocenters. The third kappa shape index (κ3) is 5.58. The van der Waals surface area contributed by atoms with Gasteiger partial charge in [0.25, 0.3) is 0 Å². The van der Waals surface area contributed by atoms with Gasteiger partial charge in [-0.25, -0.2) is 4.98 Å². The van der Waals surface area contributed by atoms with Crippen LogP contribution in [0.15, 0.2) is 127 Å². The topological polar surface area (TPSA) is 34.8 Å². The summed E-state index contributed by atoms with van der Waals surface area (Å²) in [5.41, 5.74) is 24.5. The molecular formula is C59H57BN4. The molecule has 0 radical (unpaired) electrons. The van der Waals surface area contributed by atoms with Gasteiger partial charge in [0, 0.05) is 56.9 Å². The van der Waals surface area contributed by atoms with E-state index in [1.165, 1.54) is 101 Å². The standard InChI is InChI=1S/C59H57BN4/c1-56(2,3)35-20-22-36(23-21-35)61-48-30-46-45(57(4,5)26-27-58(46,6)7)29-41(48)38-24-25-39-42-28-40-37-18-14-15-19-43(37)59(8,9)44(40)31-50(42)64-51-33-52-49(32-47(51)60-53(38)54(39)64)62-55(63(52)10)34-16-12-11-13-17-34/h11-25,28-33,60-61H,26-27H2,1-10H3. The molecule has 12 rings (SSSR count). The molecule has 0 atom stereocenters. The number of nitrogens with one attached hydrogen (secondary N) is 1. The maximum absolute atomic E-state index is 5.32. The maximum atomic E-state index is 5.32. The molecule has 3 heterocycles. The van der Waals surface area contributed by atoms with Gasteiger partial charge in [-0.2, -0.15) is 0 Å². The highest BCUT2D eigenvalue weighted by Crippen LogP contribution is 2.53. The number of aromatic nitrogens is 3. The van der Waals surface area contributed by atoms with Crippen LogP contribution < -0.4 is 16.2 Å². The first-order valence-electron chi connectivity index (χ1n) is 23.4. The van der Waals surface area contributed by atoms with Gasteiger partial charge in [0.15, 0.2) is 7.28 Å². The van der Waals surface area contributed by atoms with Gasteiger partial charge in [0.05, 0.1) is 16.6 Å². The predicted molar refractivity (Wildman–Crippen MR) is 274 cm³/mol. The number of fused-ring (bicyclic) bond motifs is 10. The molecule has 0 bridgehead atoms. The Bertz CT molecular complexity index is 3440. The van der Waals surface area contributed by atoms with Crippen LogP contribution in [-0.2, 0) is 28.7 Å². The molecule has 7 aromatic carbocycles. The molecule has 0 saturated heterocycles. The lowest BCUT2D eigenvalue weighted by atomic mass is 9.58. The normalized spacial score (nSPS) is 16.3. The summed E-state index contributed by atoms with van der Waals surface area (Å²) >= 11 is 0. The zero-order valence-corrected chi connectivity index (χ0v) is 39.1. The summed E-state index contributed by atoms with van der Waals surface area (Å²) < 4.78 is 4.90. The summed E-state index contributed by atoms with van der Waals surface area (Å²) in [6.07, 6.45) is 2.33. The van der Waals surface area contributed by atoms with E-state index in [9.17, 15) is 0 Å². The third-order valence-corrected chi connectivity index (χ3v) is 15.8. The number of aryl methyl sites for hydroxylation is 1. The highest BCUT2D eigenvalue weighted by atomic mass is 15.1. The summed E-state index contributed by atoms with van der Waals surface area (Å²) in [5.74, 6) is 0.988. The van der Waals surface area contributed by atoms with Gasteiger partial charge in [-0.15, -0.1) is 0 Å². The van der Waals surface area contributed by atoms with Gasteiger partial charge >= 0.3 is 0 Å². The Kier molecular flexibility index (Phi) is 8.06. The minimum Gasteiger partial charge on any atom is -0.355 e. The Hall–Kier alpha value is -6.33. The van der Waals surface area contributed by atoms with Gasteiger partial charge in [-0.05, 0) is 128 Å². The van der Waals surface area contributed by atoms with Crippen LogP contribution >= 0.6 is 0 Å². The average molecular weight is 833 g/mol. The number of nitrogens with zero attached hydrogens (tertiary/aromatic N) is 3. The molecule has 3 aliphatic rings. The number of benzene rings is 7. The molecule has 4 nitrogen and oxygen atoms in total. The Balaban J connectivity index is 1.15. The molecule has 0 fully saturated rings. The lowest BCUT2D eigenvalue weighted by molar-refractivity contribution is 0.332. The van der Waals surface area contributed by atoms with E-state index in [0.29, 0.717) is 0 Å². The Morgan fingerprint density at radius 2 is 1.31 bits per heavy atom. The van der Waals surface area contributed by atoms with E-state index in [1.54, 1.807) is 0 Å². The van der Waals surface area contributed by atoms with Crippen molar-refractivity contribution in [2.24, 2.45) is 7.05 Å². The highest BCUT2D eigenvalue weighted by Gasteiger charge is 2.40. The monoisotopic (exact) mass is 832 g/mol. The number of anilines is 2. The second kappa shape index (κ2) is 13.1. The molecule has 2 aromatic heterocycles. The first kappa shape index (κ1) is 39.3. The molecule has 316 valence electrons. The SMILES string of the molecule is Cn1c(-c2ccccc2)nc2cc3c(cc21)-n1c2cc4c(cc2c2ccc(-c5cc6c(cc5Nc5ccc(C(C)(C)C)cc5)C(C)(C)CCC6(C)C)c(c21)B3)-c1ccccc1C4(C)C. The van der Waals surface area contributed by atoms with Gasteiger partial charge < -0.3 is 14.5 Å². The molecule has 1 aliphatic heterocycles. The molecule has 2 aliphatic carbocycles. The second-order valence-electron chi connectivity index (χ2n) is 22.1. The fraction of sp³-hybridized carbons (Fsp3) is 0.271. The lowest BCUT2D eigenvalue weighted by Gasteiger charge is -2.42. The van der Waals surface area contributed by atoms with Gasteiger partial charge in [0.2, 0.25) is 0 Å². The minimum atomic E-state index is -0.117. The van der Waals surface area contributed by atoms with Crippen molar-refractivity contribution in [2.75, 3.05) is 5.32 Å². The Morgan fingerprint density at radius 1 is 0.609 bits per heavy atom. The number of hydrogen-bond acceptors (Lipinski definition) is 2. The lowest BCUT2D eigenvalue weighted by Crippen LogP contribution is -2.37. The quantitative estimate of drug-likeness (QED) is 0.179. The molecule has 0 spiro atoms. The van der Waals surface area contributed by atoms with Crippen LogP contribution in [0, 0.1) is 0 Å². The van der Waals surface area contributed by atoms with Crippen molar-refractivity contribution in [1.29, 1.82) is 0 Å².